The molecule has 0 saturated carbocycles. The van der Waals surface area contributed by atoms with Crippen molar-refractivity contribution in [3.63, 3.8) is 0 Å². The van der Waals surface area contributed by atoms with Crippen molar-refractivity contribution in [2.75, 3.05) is 17.2 Å². The summed E-state index contributed by atoms with van der Waals surface area (Å²) >= 11 is 0. The van der Waals surface area contributed by atoms with Gasteiger partial charge in [0.2, 0.25) is 0 Å². The van der Waals surface area contributed by atoms with E-state index in [0.717, 1.165) is 27.9 Å². The number of ether oxygens (including phenoxy) is 1. The van der Waals surface area contributed by atoms with Crippen LogP contribution in [0, 0.1) is 39.0 Å². The highest BCUT2D eigenvalue weighted by atomic mass is 16.5. The second-order valence-electron chi connectivity index (χ2n) is 8.14. The molecule has 0 radical (unpaired) electrons. The van der Waals surface area contributed by atoms with Crippen molar-refractivity contribution in [1.82, 2.24) is 0 Å². The molecule has 3 rings (SSSR count). The van der Waals surface area contributed by atoms with Gasteiger partial charge in [0.25, 0.3) is 11.8 Å². The zero-order valence-electron chi connectivity index (χ0n) is 19.7. The molecule has 0 atom stereocenters. The summed E-state index contributed by atoms with van der Waals surface area (Å²) in [5.41, 5.74) is 5.81. The molecular formula is C28H27N3O3. The van der Waals surface area contributed by atoms with E-state index in [0.29, 0.717) is 17.0 Å². The van der Waals surface area contributed by atoms with E-state index < -0.39 is 5.91 Å². The van der Waals surface area contributed by atoms with Crippen LogP contribution < -0.4 is 15.4 Å². The Morgan fingerprint density at radius 2 is 1.59 bits per heavy atom. The van der Waals surface area contributed by atoms with Gasteiger partial charge in [0, 0.05) is 16.9 Å². The van der Waals surface area contributed by atoms with E-state index in [2.05, 4.69) is 10.6 Å². The standard InChI is InChI=1S/C28H27N3O3/c1-18-10-12-24(21(4)13-18)31-28(33)23(16-29)15-22-7-5-6-8-26(22)34-17-27(32)30-25-14-19(2)9-11-20(25)3/h5-15H,17H2,1-4H3,(H,30,32)(H,31,33)/b23-15+. The monoisotopic (exact) mass is 453 g/mol. The quantitative estimate of drug-likeness (QED) is 0.366. The van der Waals surface area contributed by atoms with Gasteiger partial charge in [-0.3, -0.25) is 9.59 Å². The number of nitrogens with one attached hydrogen (secondary N) is 2. The number of rotatable bonds is 7. The smallest absolute Gasteiger partial charge is 0.266 e. The molecule has 0 bridgehead atoms. The zero-order chi connectivity index (χ0) is 24.7. The molecule has 0 heterocycles. The summed E-state index contributed by atoms with van der Waals surface area (Å²) < 4.78 is 5.72. The number of nitrogens with zero attached hydrogens (tertiary/aromatic N) is 1. The SMILES string of the molecule is Cc1ccc(NC(=O)/C(C#N)=C/c2ccccc2OCC(=O)Nc2cc(C)ccc2C)c(C)c1. The summed E-state index contributed by atoms with van der Waals surface area (Å²) in [6, 6.07) is 20.4. The molecule has 0 aliphatic carbocycles. The second-order valence-corrected chi connectivity index (χ2v) is 8.14. The molecule has 0 unspecified atom stereocenters. The second kappa shape index (κ2) is 11.0. The van der Waals surface area contributed by atoms with Crippen molar-refractivity contribution in [2.24, 2.45) is 0 Å². The molecule has 172 valence electrons. The minimum Gasteiger partial charge on any atom is -0.483 e. The number of hydrogen-bond acceptors (Lipinski definition) is 4. The first kappa shape index (κ1) is 24.3. The van der Waals surface area contributed by atoms with Crippen molar-refractivity contribution in [2.45, 2.75) is 27.7 Å². The van der Waals surface area contributed by atoms with E-state index in [1.54, 1.807) is 24.3 Å². The molecule has 2 N–H and O–H groups in total. The number of anilines is 2. The van der Waals surface area contributed by atoms with E-state index in [1.165, 1.54) is 6.08 Å². The van der Waals surface area contributed by atoms with Crippen LogP contribution in [0.25, 0.3) is 6.08 Å². The fourth-order valence-electron chi connectivity index (χ4n) is 3.38. The van der Waals surface area contributed by atoms with E-state index in [9.17, 15) is 14.9 Å². The lowest BCUT2D eigenvalue weighted by molar-refractivity contribution is -0.118. The summed E-state index contributed by atoms with van der Waals surface area (Å²) in [6.07, 6.45) is 1.46. The fourth-order valence-corrected chi connectivity index (χ4v) is 3.38. The third kappa shape index (κ3) is 6.33. The Balaban J connectivity index is 1.72. The van der Waals surface area contributed by atoms with Gasteiger partial charge in [0.05, 0.1) is 0 Å². The molecule has 6 nitrogen and oxygen atoms in total. The largest absolute Gasteiger partial charge is 0.483 e. The normalized spacial score (nSPS) is 10.9. The lowest BCUT2D eigenvalue weighted by Gasteiger charge is -2.12. The van der Waals surface area contributed by atoms with Gasteiger partial charge in [-0.25, -0.2) is 0 Å². The van der Waals surface area contributed by atoms with Gasteiger partial charge in [-0.1, -0.05) is 48.0 Å². The van der Waals surface area contributed by atoms with Crippen LogP contribution in [0.15, 0.2) is 66.2 Å². The van der Waals surface area contributed by atoms with E-state index >= 15 is 0 Å². The Morgan fingerprint density at radius 3 is 2.32 bits per heavy atom. The van der Waals surface area contributed by atoms with E-state index in [1.807, 2.05) is 70.2 Å². The molecule has 3 aromatic rings. The fraction of sp³-hybridized carbons (Fsp3) is 0.179. The molecule has 0 aliphatic rings. The van der Waals surface area contributed by atoms with E-state index in [4.69, 9.17) is 4.74 Å². The van der Waals surface area contributed by atoms with Gasteiger partial charge in [0.15, 0.2) is 6.61 Å². The maximum Gasteiger partial charge on any atom is 0.266 e. The van der Waals surface area contributed by atoms with Crippen LogP contribution in [0.2, 0.25) is 0 Å². The number of carbonyl (C=O) groups excluding carboxylic acids is 2. The highest BCUT2D eigenvalue weighted by molar-refractivity contribution is 6.10. The average molecular weight is 454 g/mol. The topological polar surface area (TPSA) is 91.2 Å². The van der Waals surface area contributed by atoms with Gasteiger partial charge >= 0.3 is 0 Å². The molecule has 3 aromatic carbocycles. The molecule has 0 aromatic heterocycles. The summed E-state index contributed by atoms with van der Waals surface area (Å²) in [4.78, 5) is 25.2. The summed E-state index contributed by atoms with van der Waals surface area (Å²) in [6.45, 7) is 7.53. The summed E-state index contributed by atoms with van der Waals surface area (Å²) in [5.74, 6) is -0.428. The zero-order valence-corrected chi connectivity index (χ0v) is 19.7. The van der Waals surface area contributed by atoms with Gasteiger partial charge in [-0.15, -0.1) is 0 Å². The van der Waals surface area contributed by atoms with Crippen molar-refractivity contribution in [3.8, 4) is 11.8 Å². The third-order valence-electron chi connectivity index (χ3n) is 5.24. The Morgan fingerprint density at radius 1 is 0.882 bits per heavy atom. The maximum absolute atomic E-state index is 12.7. The van der Waals surface area contributed by atoms with E-state index in [-0.39, 0.29) is 18.1 Å². The van der Waals surface area contributed by atoms with Gasteiger partial charge in [-0.05, 0) is 68.7 Å². The molecule has 0 fully saturated rings. The average Bonchev–Trinajstić information content (AvgIpc) is 2.80. The number of benzene rings is 3. The minimum absolute atomic E-state index is 0.0733. The van der Waals surface area contributed by atoms with Crippen LogP contribution >= 0.6 is 0 Å². The number of carbonyl (C=O) groups is 2. The summed E-state index contributed by atoms with van der Waals surface area (Å²) in [5, 5.41) is 15.2. The number of aryl methyl sites for hydroxylation is 4. The van der Waals surface area contributed by atoms with Gasteiger partial charge in [0.1, 0.15) is 17.4 Å². The number of para-hydroxylation sites is 1. The van der Waals surface area contributed by atoms with Crippen LogP contribution in [-0.4, -0.2) is 18.4 Å². The van der Waals surface area contributed by atoms with Crippen LogP contribution in [0.5, 0.6) is 5.75 Å². The molecular weight excluding hydrogens is 426 g/mol. The molecule has 6 heteroatoms. The van der Waals surface area contributed by atoms with Crippen LogP contribution in [0.4, 0.5) is 11.4 Å². The lowest BCUT2D eigenvalue weighted by atomic mass is 10.1. The maximum atomic E-state index is 12.7. The number of nitriles is 1. The van der Waals surface area contributed by atoms with Gasteiger partial charge < -0.3 is 15.4 Å². The van der Waals surface area contributed by atoms with Crippen molar-refractivity contribution >= 4 is 29.3 Å². The van der Waals surface area contributed by atoms with Crippen LogP contribution in [0.1, 0.15) is 27.8 Å². The van der Waals surface area contributed by atoms with Crippen molar-refractivity contribution in [1.29, 1.82) is 5.26 Å². The Labute approximate surface area is 199 Å². The Hall–Kier alpha value is -4.37. The Kier molecular flexibility index (Phi) is 7.83. The minimum atomic E-state index is -0.517. The van der Waals surface area contributed by atoms with Crippen molar-refractivity contribution in [3.05, 3.63) is 94.1 Å². The highest BCUT2D eigenvalue weighted by Gasteiger charge is 2.13. The third-order valence-corrected chi connectivity index (χ3v) is 5.24. The molecule has 0 saturated heterocycles. The predicted octanol–water partition coefficient (Wildman–Crippen LogP) is 5.48. The first-order valence-electron chi connectivity index (χ1n) is 10.9. The highest BCUT2D eigenvalue weighted by Crippen LogP contribution is 2.23. The molecule has 0 aliphatic heterocycles. The van der Waals surface area contributed by atoms with Crippen molar-refractivity contribution < 1.29 is 14.3 Å². The Bertz CT molecular complexity index is 1300. The summed E-state index contributed by atoms with van der Waals surface area (Å²) in [7, 11) is 0. The van der Waals surface area contributed by atoms with Crippen LogP contribution in [-0.2, 0) is 9.59 Å². The molecule has 2 amide bonds. The first-order chi connectivity index (χ1) is 16.3. The number of hydrogen-bond donors (Lipinski definition) is 2. The number of amides is 2. The van der Waals surface area contributed by atoms with Crippen LogP contribution in [0.3, 0.4) is 0 Å². The molecule has 0 spiro atoms. The van der Waals surface area contributed by atoms with Gasteiger partial charge in [-0.2, -0.15) is 5.26 Å². The lowest BCUT2D eigenvalue weighted by Crippen LogP contribution is -2.21. The first-order valence-corrected chi connectivity index (χ1v) is 10.9. The molecule has 34 heavy (non-hydrogen) atoms. The predicted molar refractivity (Wildman–Crippen MR) is 135 cm³/mol.